The molecule has 21 N–H and O–H groups in total. The molecule has 6 unspecified atom stereocenters. The normalized spacial score (nSPS) is 43.7. The number of amides is 1. The highest BCUT2D eigenvalue weighted by Crippen LogP contribution is 2.39. The van der Waals surface area contributed by atoms with Crippen LogP contribution >= 0.6 is 0 Å². The van der Waals surface area contributed by atoms with E-state index < -0.39 is 247 Å². The third kappa shape index (κ3) is 23.1. The summed E-state index contributed by atoms with van der Waals surface area (Å²) in [6, 6.07) is -1.51. The zero-order valence-electron chi connectivity index (χ0n) is 52.0. The first-order chi connectivity index (χ1) is 43.4. The molecule has 526 valence electrons. The van der Waals surface area contributed by atoms with E-state index in [-0.39, 0.29) is 25.2 Å². The van der Waals surface area contributed by atoms with Crippen molar-refractivity contribution in [2.24, 2.45) is 17.8 Å². The summed E-state index contributed by atoms with van der Waals surface area (Å²) in [7, 11) is 0. The molecule has 30 nitrogen and oxygen atoms in total. The van der Waals surface area contributed by atoms with Gasteiger partial charge in [-0.2, -0.15) is 0 Å². The monoisotopic (exact) mass is 1320 g/mol. The highest BCUT2D eigenvalue weighted by Gasteiger charge is 2.55. The van der Waals surface area contributed by atoms with E-state index in [1.165, 1.54) is 19.1 Å². The lowest BCUT2D eigenvalue weighted by Gasteiger charge is -2.48. The van der Waals surface area contributed by atoms with Gasteiger partial charge in [0.25, 0.3) is 0 Å². The first kappa shape index (κ1) is 78.8. The van der Waals surface area contributed by atoms with Crippen LogP contribution in [0.1, 0.15) is 79.1 Å². The molecule has 29 atom stereocenters. The van der Waals surface area contributed by atoms with Gasteiger partial charge in [0.2, 0.25) is 11.7 Å². The average Bonchev–Trinajstić information content (AvgIpc) is 0.835. The number of hydrogen-bond acceptors (Lipinski definition) is 29. The van der Waals surface area contributed by atoms with Crippen molar-refractivity contribution < 1.29 is 140 Å². The molecule has 0 aromatic heterocycles. The maximum Gasteiger partial charge on any atom is 0.308 e. The zero-order chi connectivity index (χ0) is 68.2. The van der Waals surface area contributed by atoms with Gasteiger partial charge in [-0.3, -0.25) is 9.59 Å². The molecule has 1 amide bonds. The molecular formula is C62H100N2O28. The quantitative estimate of drug-likeness (QED) is 0.0810. The number of fused-ring (bicyclic) bond motifs is 2. The van der Waals surface area contributed by atoms with Gasteiger partial charge in [0, 0.05) is 44.1 Å². The Morgan fingerprint density at radius 2 is 1.24 bits per heavy atom. The highest BCUT2D eigenvalue weighted by atomic mass is 16.7. The van der Waals surface area contributed by atoms with Crippen LogP contribution in [0.15, 0.2) is 85.1 Å². The topological polar surface area (TPSA) is 507 Å². The van der Waals surface area contributed by atoms with Crippen LogP contribution in [0.5, 0.6) is 0 Å². The van der Waals surface area contributed by atoms with E-state index in [4.69, 9.17) is 33.2 Å². The maximum absolute atomic E-state index is 14.0. The number of ether oxygens (including phenoxy) is 7. The number of cyclic esters (lactones) is 1. The number of nitrogens with one attached hydrogen (secondary N) is 2. The summed E-state index contributed by atoms with van der Waals surface area (Å²) >= 11 is 0. The van der Waals surface area contributed by atoms with E-state index in [1.807, 2.05) is 0 Å². The van der Waals surface area contributed by atoms with Gasteiger partial charge in [-0.15, -0.1) is 0 Å². The van der Waals surface area contributed by atoms with E-state index in [2.05, 4.69) is 10.6 Å². The molecule has 0 aliphatic carbocycles. The molecule has 0 spiro atoms. The number of esters is 1. The minimum Gasteiger partial charge on any atom is -0.462 e. The summed E-state index contributed by atoms with van der Waals surface area (Å²) in [6.45, 7) is 2.91. The van der Waals surface area contributed by atoms with E-state index in [9.17, 15) is 107 Å². The van der Waals surface area contributed by atoms with Crippen molar-refractivity contribution in [2.75, 3.05) is 32.9 Å². The summed E-state index contributed by atoms with van der Waals surface area (Å²) < 4.78 is 40.4. The van der Waals surface area contributed by atoms with Crippen molar-refractivity contribution in [1.82, 2.24) is 10.6 Å². The predicted molar refractivity (Wildman–Crippen MR) is 321 cm³/mol. The van der Waals surface area contributed by atoms with Gasteiger partial charge in [0.15, 0.2) is 18.4 Å². The van der Waals surface area contributed by atoms with Crippen LogP contribution < -0.4 is 10.6 Å². The number of carbonyl (C=O) groups is 2. The fourth-order valence-electron chi connectivity index (χ4n) is 11.4. The van der Waals surface area contributed by atoms with Crippen LogP contribution in [-0.4, -0.2) is 300 Å². The van der Waals surface area contributed by atoms with Gasteiger partial charge >= 0.3 is 5.97 Å². The molecule has 0 saturated carbocycles. The third-order valence-corrected chi connectivity index (χ3v) is 17.1. The van der Waals surface area contributed by atoms with E-state index in [1.54, 1.807) is 93.7 Å². The van der Waals surface area contributed by atoms with Gasteiger partial charge in [-0.05, 0) is 33.1 Å². The standard InChI is InChI=1S/C62H100N2O28/c1-32-17-15-13-11-9-7-5-6-8-10-12-14-16-18-40(89-59-53(79)49(51(77)35(4)88-59)64-31-62(85)57(82)56(44(74)30-86-62)91-60-55(81)54(80)52(78)46(29-66)90-60)24-45-48(58(83)63-27-39(70)28-65)43(73)26-61(84,92-45)25-38(69)22-42(72)41(71)20-19-36(67)21-37(68)23-47(75)87-34(3)33(2)50(32)76/h5-18,32-46,48-57,59-60,64-74,76-82,84-85H,19-31H2,1-4H3,(H,63,83)/t32-,33?,34-,35+,36+,37+,38-,39?,40-,41+,42+,43-,44+,45?,46+,48?,49-,50+,51+,52+,53-,54-,55+,56+,57-,59?,60?,61+,62+/m0/s1. The van der Waals surface area contributed by atoms with Gasteiger partial charge in [0.1, 0.15) is 54.9 Å². The van der Waals surface area contributed by atoms with E-state index in [0.29, 0.717) is 0 Å². The van der Waals surface area contributed by atoms with Crippen molar-refractivity contribution >= 4 is 11.9 Å². The molecule has 0 aromatic carbocycles. The fraction of sp³-hybridized carbons (Fsp3) is 0.742. The highest BCUT2D eigenvalue weighted by molar-refractivity contribution is 5.80. The molecule has 4 saturated heterocycles. The molecule has 4 fully saturated rings. The number of carbonyl (C=O) groups excluding carboxylic acids is 2. The van der Waals surface area contributed by atoms with Gasteiger partial charge in [-0.25, -0.2) is 0 Å². The minimum atomic E-state index is -2.70. The Balaban J connectivity index is 1.42. The summed E-state index contributed by atoms with van der Waals surface area (Å²) in [5.41, 5.74) is 0. The lowest BCUT2D eigenvalue weighted by Crippen LogP contribution is -2.70. The summed E-state index contributed by atoms with van der Waals surface area (Å²) in [6.07, 6.45) is -16.7. The third-order valence-electron chi connectivity index (χ3n) is 17.1. The Morgan fingerprint density at radius 3 is 1.86 bits per heavy atom. The molecule has 5 aliphatic heterocycles. The Bertz CT molecular complexity index is 2430. The van der Waals surface area contributed by atoms with Crippen molar-refractivity contribution in [1.29, 1.82) is 0 Å². The second-order valence-corrected chi connectivity index (χ2v) is 24.6. The van der Waals surface area contributed by atoms with Gasteiger partial charge in [0.05, 0.1) is 118 Å². The van der Waals surface area contributed by atoms with Crippen LogP contribution in [-0.2, 0) is 42.7 Å². The van der Waals surface area contributed by atoms with Crippen LogP contribution in [0.3, 0.4) is 0 Å². The summed E-state index contributed by atoms with van der Waals surface area (Å²) in [5.74, 6) is -9.33. The van der Waals surface area contributed by atoms with Gasteiger partial charge in [-0.1, -0.05) is 98.9 Å². The number of allylic oxidation sites excluding steroid dienone is 12. The van der Waals surface area contributed by atoms with Crippen LogP contribution in [0.4, 0.5) is 0 Å². The zero-order valence-corrected chi connectivity index (χ0v) is 52.0. The second-order valence-electron chi connectivity index (χ2n) is 24.6. The Hall–Kier alpha value is -3.92. The molecule has 2 bridgehead atoms. The molecule has 0 aromatic rings. The van der Waals surface area contributed by atoms with Gasteiger partial charge < -0.3 is 141 Å². The summed E-state index contributed by atoms with van der Waals surface area (Å²) in [4.78, 5) is 26.7. The Kier molecular flexibility index (Phi) is 32.2. The molecule has 0 radical (unpaired) electrons. The SMILES string of the molecule is CC1[C@H](C)OC(=O)C[C@H](O)C[C@H](O)CC[C@@H](O)[C@H](O)C[C@H](O)C[C@]2(O)C[C@H](O)C(C(=O)NCC(O)CO)C(C[C@@H](OC3O[C@H](C)[C@@H](O)[C@H](NC[C@@]4(O)OC[C@@H](O)[C@@H](OC5O[C@H](CO)[C@@H](O)[C@H](O)[C@H]5O)[C@@H]4O)[C@@H]3O)C=CC=CC=CC=CC=CC=CC=C[C@H](C)[C@H]1O)O2. The largest absolute Gasteiger partial charge is 0.462 e. The van der Waals surface area contributed by atoms with E-state index in [0.717, 1.165) is 0 Å². The van der Waals surface area contributed by atoms with E-state index >= 15 is 0 Å². The molecular weight excluding hydrogens is 1220 g/mol. The first-order valence-corrected chi connectivity index (χ1v) is 31.1. The minimum absolute atomic E-state index is 0.179. The van der Waals surface area contributed by atoms with Crippen LogP contribution in [0, 0.1) is 17.8 Å². The summed E-state index contributed by atoms with van der Waals surface area (Å²) in [5, 5.41) is 212. The first-order valence-electron chi connectivity index (χ1n) is 31.1. The molecule has 5 heterocycles. The number of hydrogen-bond donors (Lipinski definition) is 21. The molecule has 5 rings (SSSR count). The van der Waals surface area contributed by atoms with Crippen molar-refractivity contribution in [3.63, 3.8) is 0 Å². The molecule has 30 heteroatoms. The number of aliphatic hydroxyl groups excluding tert-OH is 17. The molecule has 5 aliphatic rings. The van der Waals surface area contributed by atoms with Crippen LogP contribution in [0.2, 0.25) is 0 Å². The maximum atomic E-state index is 14.0. The molecule has 92 heavy (non-hydrogen) atoms. The lowest BCUT2D eigenvalue weighted by atomic mass is 9.82. The number of aliphatic hydroxyl groups is 19. The predicted octanol–water partition coefficient (Wildman–Crippen LogP) is -5.65. The Morgan fingerprint density at radius 1 is 0.630 bits per heavy atom. The lowest BCUT2D eigenvalue weighted by molar-refractivity contribution is -0.368. The fourth-order valence-corrected chi connectivity index (χ4v) is 11.4. The second kappa shape index (κ2) is 37.6. The van der Waals surface area contributed by atoms with Crippen molar-refractivity contribution in [3.05, 3.63) is 85.1 Å². The van der Waals surface area contributed by atoms with Crippen LogP contribution in [0.25, 0.3) is 0 Å². The van der Waals surface area contributed by atoms with Crippen molar-refractivity contribution in [2.45, 2.75) is 237 Å². The average molecular weight is 1320 g/mol. The smallest absolute Gasteiger partial charge is 0.308 e. The van der Waals surface area contributed by atoms with Crippen molar-refractivity contribution in [3.8, 4) is 0 Å². The Labute approximate surface area is 533 Å². The number of rotatable bonds is 12.